The fourth-order valence-electron chi connectivity index (χ4n) is 4.74. The van der Waals surface area contributed by atoms with Crippen LogP contribution in [0.15, 0.2) is 65.9 Å². The monoisotopic (exact) mass is 471 g/mol. The van der Waals surface area contributed by atoms with E-state index >= 15 is 0 Å². The third kappa shape index (κ3) is 4.73. The third-order valence-electron chi connectivity index (χ3n) is 6.98. The molecule has 1 fully saturated rings. The molecule has 2 aromatic heterocycles. The Balaban J connectivity index is 1.42. The summed E-state index contributed by atoms with van der Waals surface area (Å²) in [6.07, 6.45) is 11.5. The summed E-state index contributed by atoms with van der Waals surface area (Å²) in [4.78, 5) is 13.6. The molecule has 0 bridgehead atoms. The van der Waals surface area contributed by atoms with Crippen molar-refractivity contribution in [1.29, 1.82) is 0 Å². The zero-order valence-corrected chi connectivity index (χ0v) is 20.0. The summed E-state index contributed by atoms with van der Waals surface area (Å²) in [6, 6.07) is 8.56. The van der Waals surface area contributed by atoms with Gasteiger partial charge >= 0.3 is 0 Å². The van der Waals surface area contributed by atoms with Crippen molar-refractivity contribution in [3.63, 3.8) is 0 Å². The molecule has 2 aliphatic rings. The molecule has 3 heterocycles. The quantitative estimate of drug-likeness (QED) is 0.483. The maximum absolute atomic E-state index is 14.3. The van der Waals surface area contributed by atoms with Crippen molar-refractivity contribution >= 4 is 17.2 Å². The number of rotatable bonds is 7. The van der Waals surface area contributed by atoms with Crippen LogP contribution in [0.5, 0.6) is 0 Å². The van der Waals surface area contributed by atoms with E-state index in [2.05, 4.69) is 33.8 Å². The van der Waals surface area contributed by atoms with E-state index in [-0.39, 0.29) is 17.8 Å². The standard InChI is InChI=1S/C27H30FN7/c1-18(27(2)12-6-3-7-13-27)32-23-16-31-26(33-25(23)29)22-15-24(21-11-8-14-30-21)35(34-22)17-19-9-4-5-10-20(19)28/h4-5,8-11,15-16,32H,1,3,6-7,12-14,17H2,2H3,(H2,29,31,33). The summed E-state index contributed by atoms with van der Waals surface area (Å²) in [5.41, 5.74) is 10.6. The molecule has 0 atom stereocenters. The highest BCUT2D eigenvalue weighted by Crippen LogP contribution is 2.41. The topological polar surface area (TPSA) is 94.0 Å². The van der Waals surface area contributed by atoms with Gasteiger partial charge < -0.3 is 11.1 Å². The number of nitrogen functional groups attached to an aromatic ring is 1. The van der Waals surface area contributed by atoms with Gasteiger partial charge in [-0.1, -0.05) is 57.0 Å². The van der Waals surface area contributed by atoms with Gasteiger partial charge in [-0.25, -0.2) is 14.4 Å². The number of aromatic nitrogens is 4. The molecule has 35 heavy (non-hydrogen) atoms. The van der Waals surface area contributed by atoms with Crippen LogP contribution in [0, 0.1) is 11.2 Å². The first-order valence-electron chi connectivity index (χ1n) is 12.0. The first-order valence-corrected chi connectivity index (χ1v) is 12.0. The van der Waals surface area contributed by atoms with E-state index in [0.717, 1.165) is 29.9 Å². The molecule has 7 nitrogen and oxygen atoms in total. The molecule has 0 amide bonds. The lowest BCUT2D eigenvalue weighted by Crippen LogP contribution is -2.26. The number of halogens is 1. The summed E-state index contributed by atoms with van der Waals surface area (Å²) in [7, 11) is 0. The first kappa shape index (κ1) is 23.0. The third-order valence-corrected chi connectivity index (χ3v) is 6.98. The summed E-state index contributed by atoms with van der Waals surface area (Å²) in [5.74, 6) is 0.458. The second-order valence-corrected chi connectivity index (χ2v) is 9.51. The second kappa shape index (κ2) is 9.44. The number of nitrogens with zero attached hydrogens (tertiary/aromatic N) is 5. The van der Waals surface area contributed by atoms with Crippen molar-refractivity contribution in [1.82, 2.24) is 19.7 Å². The number of nitrogens with one attached hydrogen (secondary N) is 1. The van der Waals surface area contributed by atoms with Crippen LogP contribution in [-0.2, 0) is 6.54 Å². The molecule has 1 aliphatic carbocycles. The van der Waals surface area contributed by atoms with Crippen LogP contribution >= 0.6 is 0 Å². The number of nitrogens with two attached hydrogens (primary N) is 1. The van der Waals surface area contributed by atoms with Gasteiger partial charge in [0.05, 0.1) is 36.4 Å². The molecule has 3 N–H and O–H groups in total. The van der Waals surface area contributed by atoms with E-state index in [1.807, 2.05) is 24.3 Å². The van der Waals surface area contributed by atoms with Gasteiger partial charge in [0.15, 0.2) is 11.6 Å². The molecule has 0 unspecified atom stereocenters. The Morgan fingerprint density at radius 1 is 1.23 bits per heavy atom. The molecule has 8 heteroatoms. The molecule has 5 rings (SSSR count). The Bertz CT molecular complexity index is 1310. The number of anilines is 2. The van der Waals surface area contributed by atoms with Gasteiger partial charge in [0, 0.05) is 16.7 Å². The lowest BCUT2D eigenvalue weighted by Gasteiger charge is -2.36. The van der Waals surface area contributed by atoms with Crippen molar-refractivity contribution in [3.8, 4) is 11.5 Å². The number of allylic oxidation sites excluding steroid dienone is 2. The fraction of sp³-hybridized carbons (Fsp3) is 0.333. The number of aliphatic imine (C=N–C) groups is 1. The van der Waals surface area contributed by atoms with Crippen molar-refractivity contribution in [2.75, 3.05) is 17.6 Å². The van der Waals surface area contributed by atoms with E-state index in [1.54, 1.807) is 23.0 Å². The van der Waals surface area contributed by atoms with Crippen molar-refractivity contribution in [3.05, 3.63) is 78.0 Å². The van der Waals surface area contributed by atoms with Crippen LogP contribution in [0.2, 0.25) is 0 Å². The van der Waals surface area contributed by atoms with E-state index < -0.39 is 0 Å². The van der Waals surface area contributed by atoms with Gasteiger partial charge in [-0.3, -0.25) is 9.67 Å². The van der Waals surface area contributed by atoms with Crippen LogP contribution in [-0.4, -0.2) is 32.0 Å². The second-order valence-electron chi connectivity index (χ2n) is 9.51. The molecule has 1 saturated carbocycles. The molecule has 0 radical (unpaired) electrons. The van der Waals surface area contributed by atoms with Gasteiger partial charge in [-0.15, -0.1) is 0 Å². The van der Waals surface area contributed by atoms with Gasteiger partial charge in [-0.2, -0.15) is 5.10 Å². The predicted octanol–water partition coefficient (Wildman–Crippen LogP) is 5.36. The first-order chi connectivity index (χ1) is 16.9. The van der Waals surface area contributed by atoms with Crippen LogP contribution in [0.3, 0.4) is 0 Å². The van der Waals surface area contributed by atoms with Gasteiger partial charge in [0.1, 0.15) is 11.5 Å². The summed E-state index contributed by atoms with van der Waals surface area (Å²) in [5, 5.41) is 8.05. The van der Waals surface area contributed by atoms with Gasteiger partial charge in [-0.05, 0) is 31.1 Å². The van der Waals surface area contributed by atoms with E-state index in [1.165, 1.54) is 25.3 Å². The molecule has 0 saturated heterocycles. The highest BCUT2D eigenvalue weighted by molar-refractivity contribution is 6.09. The predicted molar refractivity (Wildman–Crippen MR) is 138 cm³/mol. The SMILES string of the molecule is C=C(Nc1cnc(-c2cc(C3=NCC=C3)n(Cc3ccccc3F)n2)nc1N)C1(C)CCCCC1. The van der Waals surface area contributed by atoms with Crippen molar-refractivity contribution < 1.29 is 4.39 Å². The molecule has 3 aromatic rings. The average Bonchev–Trinajstić information content (AvgIpc) is 3.52. The Kier molecular flexibility index (Phi) is 6.19. The Morgan fingerprint density at radius 2 is 2.03 bits per heavy atom. The van der Waals surface area contributed by atoms with Gasteiger partial charge in [0.2, 0.25) is 0 Å². The minimum absolute atomic E-state index is 0.0409. The maximum atomic E-state index is 14.3. The molecule has 0 spiro atoms. The molecule has 1 aliphatic heterocycles. The van der Waals surface area contributed by atoms with Gasteiger partial charge in [0.25, 0.3) is 0 Å². The average molecular weight is 472 g/mol. The van der Waals surface area contributed by atoms with Crippen LogP contribution < -0.4 is 11.1 Å². The zero-order chi connectivity index (χ0) is 24.4. The lowest BCUT2D eigenvalue weighted by atomic mass is 9.73. The number of hydrogen-bond donors (Lipinski definition) is 2. The van der Waals surface area contributed by atoms with E-state index in [0.29, 0.717) is 35.1 Å². The van der Waals surface area contributed by atoms with E-state index in [9.17, 15) is 4.39 Å². The minimum atomic E-state index is -0.276. The number of hydrogen-bond acceptors (Lipinski definition) is 6. The molecule has 1 aromatic carbocycles. The van der Waals surface area contributed by atoms with Crippen LogP contribution in [0.1, 0.15) is 50.3 Å². The smallest absolute Gasteiger partial charge is 0.182 e. The van der Waals surface area contributed by atoms with Crippen LogP contribution in [0.4, 0.5) is 15.9 Å². The van der Waals surface area contributed by atoms with Crippen molar-refractivity contribution in [2.24, 2.45) is 10.4 Å². The fourth-order valence-corrected chi connectivity index (χ4v) is 4.74. The lowest BCUT2D eigenvalue weighted by molar-refractivity contribution is 0.270. The normalized spacial score (nSPS) is 16.8. The minimum Gasteiger partial charge on any atom is -0.382 e. The summed E-state index contributed by atoms with van der Waals surface area (Å²) < 4.78 is 16.1. The highest BCUT2D eigenvalue weighted by atomic mass is 19.1. The Labute approximate surface area is 204 Å². The number of benzene rings is 1. The summed E-state index contributed by atoms with van der Waals surface area (Å²) in [6.45, 7) is 7.41. The van der Waals surface area contributed by atoms with E-state index in [4.69, 9.17) is 10.8 Å². The zero-order valence-electron chi connectivity index (χ0n) is 20.0. The molecular formula is C27H30FN7. The van der Waals surface area contributed by atoms with Crippen LogP contribution in [0.25, 0.3) is 11.5 Å². The largest absolute Gasteiger partial charge is 0.382 e. The Hall–Kier alpha value is -3.81. The van der Waals surface area contributed by atoms with Crippen molar-refractivity contribution in [2.45, 2.75) is 45.6 Å². The maximum Gasteiger partial charge on any atom is 0.182 e. The molecular weight excluding hydrogens is 441 g/mol. The highest BCUT2D eigenvalue weighted by Gasteiger charge is 2.30. The molecule has 180 valence electrons. The Morgan fingerprint density at radius 3 is 2.74 bits per heavy atom. The summed E-state index contributed by atoms with van der Waals surface area (Å²) >= 11 is 0.